The molecule has 0 bridgehead atoms. The average molecular weight is 290 g/mol. The van der Waals surface area contributed by atoms with E-state index in [9.17, 15) is 18.3 Å². The summed E-state index contributed by atoms with van der Waals surface area (Å²) in [5, 5.41) is 12.5. The molecule has 1 saturated heterocycles. The van der Waals surface area contributed by atoms with E-state index in [1.54, 1.807) is 0 Å². The number of nitrogens with zero attached hydrogens (tertiary/aromatic N) is 1. The van der Waals surface area contributed by atoms with Gasteiger partial charge in [-0.05, 0) is 17.7 Å². The topological polar surface area (TPSA) is 44.7 Å². The molecule has 0 spiro atoms. The first kappa shape index (κ1) is 14.9. The molecule has 0 saturated carbocycles. The number of phenols is 1. The van der Waals surface area contributed by atoms with Crippen LogP contribution in [0.3, 0.4) is 0 Å². The van der Waals surface area contributed by atoms with Gasteiger partial charge in [-0.3, -0.25) is 4.90 Å². The molecule has 1 fully saturated rings. The van der Waals surface area contributed by atoms with Gasteiger partial charge < -0.3 is 15.2 Å². The third-order valence-electron chi connectivity index (χ3n) is 3.35. The largest absolute Gasteiger partial charge is 0.504 e. The van der Waals surface area contributed by atoms with Crippen molar-refractivity contribution >= 4 is 0 Å². The second-order valence-corrected chi connectivity index (χ2v) is 4.66. The summed E-state index contributed by atoms with van der Waals surface area (Å²) in [6, 6.07) is 2.09. The van der Waals surface area contributed by atoms with E-state index in [0.29, 0.717) is 26.2 Å². The number of nitrogens with one attached hydrogen (secondary N) is 1. The van der Waals surface area contributed by atoms with Gasteiger partial charge in [0.25, 0.3) is 0 Å². The molecule has 0 aliphatic carbocycles. The van der Waals surface area contributed by atoms with Gasteiger partial charge in [0.15, 0.2) is 11.5 Å². The Morgan fingerprint density at radius 1 is 1.30 bits per heavy atom. The highest BCUT2D eigenvalue weighted by molar-refractivity contribution is 5.43. The molecule has 0 unspecified atom stereocenters. The highest BCUT2D eigenvalue weighted by Crippen LogP contribution is 2.40. The maximum Gasteiger partial charge on any atom is 0.408 e. The van der Waals surface area contributed by atoms with Crippen molar-refractivity contribution in [1.82, 2.24) is 10.2 Å². The van der Waals surface area contributed by atoms with Gasteiger partial charge in [-0.2, -0.15) is 13.2 Å². The van der Waals surface area contributed by atoms with Gasteiger partial charge in [0, 0.05) is 26.2 Å². The fourth-order valence-electron chi connectivity index (χ4n) is 2.41. The van der Waals surface area contributed by atoms with Crippen LogP contribution in [-0.2, 0) is 0 Å². The zero-order valence-electron chi connectivity index (χ0n) is 11.1. The van der Waals surface area contributed by atoms with E-state index in [-0.39, 0.29) is 17.1 Å². The minimum atomic E-state index is -4.38. The molecule has 0 amide bonds. The summed E-state index contributed by atoms with van der Waals surface area (Å²) in [5.74, 6) is -0.121. The normalized spacial score (nSPS) is 18.8. The lowest BCUT2D eigenvalue weighted by Gasteiger charge is -2.36. The number of piperazine rings is 1. The third-order valence-corrected chi connectivity index (χ3v) is 3.35. The zero-order chi connectivity index (χ0) is 14.8. The summed E-state index contributed by atoms with van der Waals surface area (Å²) in [4.78, 5) is 1.39. The molecule has 2 rings (SSSR count). The van der Waals surface area contributed by atoms with Gasteiger partial charge in [-0.25, -0.2) is 0 Å². The van der Waals surface area contributed by atoms with Crippen molar-refractivity contribution in [3.05, 3.63) is 23.8 Å². The molecule has 7 heteroatoms. The molecule has 4 nitrogen and oxygen atoms in total. The van der Waals surface area contributed by atoms with Crippen molar-refractivity contribution < 1.29 is 23.0 Å². The predicted octanol–water partition coefficient (Wildman–Crippen LogP) is 1.91. The maximum atomic E-state index is 13.4. The lowest BCUT2D eigenvalue weighted by molar-refractivity contribution is -0.187. The van der Waals surface area contributed by atoms with E-state index in [4.69, 9.17) is 4.74 Å². The Hall–Kier alpha value is -1.47. The molecule has 1 aliphatic heterocycles. The number of hydrogen-bond donors (Lipinski definition) is 2. The number of ether oxygens (including phenoxy) is 1. The summed E-state index contributed by atoms with van der Waals surface area (Å²) < 4.78 is 45.0. The van der Waals surface area contributed by atoms with Crippen molar-refractivity contribution in [3.8, 4) is 11.5 Å². The molecule has 1 atom stereocenters. The number of methoxy groups -OCH3 is 1. The monoisotopic (exact) mass is 290 g/mol. The van der Waals surface area contributed by atoms with Crippen LogP contribution in [0.1, 0.15) is 11.6 Å². The summed E-state index contributed by atoms with van der Waals surface area (Å²) in [5.41, 5.74) is 0.0778. The van der Waals surface area contributed by atoms with Gasteiger partial charge in [0.2, 0.25) is 0 Å². The molecule has 1 aromatic rings. The van der Waals surface area contributed by atoms with Gasteiger partial charge in [0.1, 0.15) is 6.04 Å². The lowest BCUT2D eigenvalue weighted by Crippen LogP contribution is -2.49. The van der Waals surface area contributed by atoms with Crippen LogP contribution in [0.5, 0.6) is 11.5 Å². The van der Waals surface area contributed by atoms with Crippen LogP contribution in [0.25, 0.3) is 0 Å². The van der Waals surface area contributed by atoms with E-state index in [2.05, 4.69) is 5.32 Å². The van der Waals surface area contributed by atoms with Crippen LogP contribution in [0.15, 0.2) is 18.2 Å². The van der Waals surface area contributed by atoms with Crippen molar-refractivity contribution in [3.63, 3.8) is 0 Å². The molecular formula is C13H17F3N2O2. The molecule has 112 valence electrons. The fraction of sp³-hybridized carbons (Fsp3) is 0.538. The highest BCUT2D eigenvalue weighted by atomic mass is 19.4. The highest BCUT2D eigenvalue weighted by Gasteiger charge is 2.45. The fourth-order valence-corrected chi connectivity index (χ4v) is 2.41. The molecule has 1 aliphatic rings. The first-order valence-corrected chi connectivity index (χ1v) is 6.32. The molecule has 2 N–H and O–H groups in total. The summed E-state index contributed by atoms with van der Waals surface area (Å²) in [6.07, 6.45) is -4.38. The van der Waals surface area contributed by atoms with Gasteiger partial charge in [0.05, 0.1) is 7.11 Å². The van der Waals surface area contributed by atoms with Crippen LogP contribution in [-0.4, -0.2) is 49.5 Å². The van der Waals surface area contributed by atoms with Crippen LogP contribution in [0.4, 0.5) is 13.2 Å². The van der Waals surface area contributed by atoms with E-state index in [0.717, 1.165) is 0 Å². The number of hydrogen-bond acceptors (Lipinski definition) is 4. The number of benzene rings is 1. The van der Waals surface area contributed by atoms with Crippen LogP contribution in [0.2, 0.25) is 0 Å². The standard InChI is InChI=1S/C13H17F3N2O2/c1-20-11-8-9(2-3-10(11)19)12(13(14,15)16)18-6-4-17-5-7-18/h2-3,8,12,17,19H,4-7H2,1H3/t12-/m0/s1. The van der Waals surface area contributed by atoms with Gasteiger partial charge in [-0.15, -0.1) is 0 Å². The van der Waals surface area contributed by atoms with Crippen LogP contribution in [0, 0.1) is 0 Å². The Labute approximate surface area is 115 Å². The Morgan fingerprint density at radius 3 is 2.50 bits per heavy atom. The minimum absolute atomic E-state index is 0.0480. The molecule has 1 heterocycles. The van der Waals surface area contributed by atoms with E-state index >= 15 is 0 Å². The maximum absolute atomic E-state index is 13.4. The van der Waals surface area contributed by atoms with E-state index < -0.39 is 12.2 Å². The lowest BCUT2D eigenvalue weighted by atomic mass is 10.0. The Balaban J connectivity index is 2.35. The summed E-state index contributed by atoms with van der Waals surface area (Å²) >= 11 is 0. The minimum Gasteiger partial charge on any atom is -0.504 e. The second-order valence-electron chi connectivity index (χ2n) is 4.66. The smallest absolute Gasteiger partial charge is 0.408 e. The number of alkyl halides is 3. The molecule has 0 radical (unpaired) electrons. The predicted molar refractivity (Wildman–Crippen MR) is 67.9 cm³/mol. The van der Waals surface area contributed by atoms with E-state index in [1.807, 2.05) is 0 Å². The average Bonchev–Trinajstić information content (AvgIpc) is 2.40. The van der Waals surface area contributed by atoms with Crippen LogP contribution >= 0.6 is 0 Å². The molecule has 0 aromatic heterocycles. The Kier molecular flexibility index (Phi) is 4.39. The summed E-state index contributed by atoms with van der Waals surface area (Å²) in [6.45, 7) is 1.71. The Morgan fingerprint density at radius 2 is 1.95 bits per heavy atom. The number of halogens is 3. The van der Waals surface area contributed by atoms with Crippen molar-refractivity contribution in [1.29, 1.82) is 0 Å². The molecular weight excluding hydrogens is 273 g/mol. The first-order chi connectivity index (χ1) is 9.43. The number of rotatable bonds is 3. The number of aromatic hydroxyl groups is 1. The third kappa shape index (κ3) is 3.16. The van der Waals surface area contributed by atoms with Crippen molar-refractivity contribution in [2.24, 2.45) is 0 Å². The van der Waals surface area contributed by atoms with Crippen molar-refractivity contribution in [2.75, 3.05) is 33.3 Å². The summed E-state index contributed by atoms with van der Waals surface area (Å²) in [7, 11) is 1.31. The molecule has 1 aromatic carbocycles. The Bertz CT molecular complexity index is 459. The van der Waals surface area contributed by atoms with Crippen LogP contribution < -0.4 is 10.1 Å². The molecule has 20 heavy (non-hydrogen) atoms. The van der Waals surface area contributed by atoms with E-state index in [1.165, 1.54) is 30.2 Å². The van der Waals surface area contributed by atoms with Crippen molar-refractivity contribution in [2.45, 2.75) is 12.2 Å². The van der Waals surface area contributed by atoms with Gasteiger partial charge >= 0.3 is 6.18 Å². The number of phenolic OH excluding ortho intramolecular Hbond substituents is 1. The zero-order valence-corrected chi connectivity index (χ0v) is 11.1. The quantitative estimate of drug-likeness (QED) is 0.892. The SMILES string of the molecule is COc1cc([C@H](N2CCNCC2)C(F)(F)F)ccc1O. The van der Waals surface area contributed by atoms with Gasteiger partial charge in [-0.1, -0.05) is 6.07 Å². The first-order valence-electron chi connectivity index (χ1n) is 6.32. The second kappa shape index (κ2) is 5.88.